The van der Waals surface area contributed by atoms with E-state index in [2.05, 4.69) is 34.3 Å². The first-order chi connectivity index (χ1) is 9.11. The Kier molecular flexibility index (Phi) is 4.90. The first kappa shape index (κ1) is 14.4. The van der Waals surface area contributed by atoms with Crippen LogP contribution >= 0.6 is 0 Å². The average Bonchev–Trinajstić information content (AvgIpc) is 2.96. The second-order valence-corrected chi connectivity index (χ2v) is 5.76. The quantitative estimate of drug-likeness (QED) is 0.785. The van der Waals surface area contributed by atoms with Gasteiger partial charge in [0.15, 0.2) is 5.82 Å². The summed E-state index contributed by atoms with van der Waals surface area (Å²) in [6, 6.07) is 0. The van der Waals surface area contributed by atoms with Gasteiger partial charge in [-0.3, -0.25) is 4.90 Å². The lowest BCUT2D eigenvalue weighted by Crippen LogP contribution is -2.34. The smallest absolute Gasteiger partial charge is 0.240 e. The number of nitrogens with zero attached hydrogens (tertiary/aromatic N) is 3. The molecule has 1 atom stereocenters. The molecule has 1 unspecified atom stereocenters. The number of hydrogen-bond donors (Lipinski definition) is 1. The number of aromatic nitrogens is 2. The minimum Gasteiger partial charge on any atom is -0.384 e. The maximum atomic E-state index is 5.26. The van der Waals surface area contributed by atoms with Crippen molar-refractivity contribution in [3.8, 4) is 0 Å². The molecule has 0 spiro atoms. The fourth-order valence-electron chi connectivity index (χ4n) is 2.59. The van der Waals surface area contributed by atoms with Crippen LogP contribution in [0.3, 0.4) is 0 Å². The molecule has 0 saturated carbocycles. The van der Waals surface area contributed by atoms with Crippen LogP contribution in [-0.4, -0.2) is 55.4 Å². The molecule has 1 aromatic rings. The summed E-state index contributed by atoms with van der Waals surface area (Å²) in [6.45, 7) is 6.89. The maximum absolute atomic E-state index is 5.26. The van der Waals surface area contributed by atoms with Crippen LogP contribution in [0, 0.1) is 5.41 Å². The molecule has 19 heavy (non-hydrogen) atoms. The first-order valence-electron chi connectivity index (χ1n) is 6.81. The van der Waals surface area contributed by atoms with E-state index in [0.29, 0.717) is 30.9 Å². The normalized spacial score (nSPS) is 23.4. The lowest BCUT2D eigenvalue weighted by molar-refractivity contribution is 0.184. The summed E-state index contributed by atoms with van der Waals surface area (Å²) in [4.78, 5) is 6.62. The third-order valence-electron chi connectivity index (χ3n) is 3.55. The van der Waals surface area contributed by atoms with Gasteiger partial charge in [-0.05, 0) is 25.4 Å². The molecule has 1 aliphatic rings. The fourth-order valence-corrected chi connectivity index (χ4v) is 2.59. The molecule has 1 aromatic heterocycles. The van der Waals surface area contributed by atoms with Gasteiger partial charge in [0.05, 0.1) is 13.2 Å². The van der Waals surface area contributed by atoms with Crippen molar-refractivity contribution < 1.29 is 9.26 Å². The van der Waals surface area contributed by atoms with Gasteiger partial charge in [0.2, 0.25) is 5.89 Å². The number of methoxy groups -OCH3 is 1. The Morgan fingerprint density at radius 1 is 1.53 bits per heavy atom. The topological polar surface area (TPSA) is 63.4 Å². The van der Waals surface area contributed by atoms with E-state index in [1.165, 1.54) is 6.42 Å². The van der Waals surface area contributed by atoms with Crippen LogP contribution in [0.4, 0.5) is 0 Å². The number of rotatable bonds is 7. The van der Waals surface area contributed by atoms with E-state index >= 15 is 0 Å². The van der Waals surface area contributed by atoms with Crippen LogP contribution in [0.25, 0.3) is 0 Å². The van der Waals surface area contributed by atoms with Crippen molar-refractivity contribution in [2.24, 2.45) is 5.41 Å². The van der Waals surface area contributed by atoms with Gasteiger partial charge in [-0.15, -0.1) is 0 Å². The van der Waals surface area contributed by atoms with Gasteiger partial charge < -0.3 is 14.6 Å². The van der Waals surface area contributed by atoms with E-state index in [1.807, 2.05) is 0 Å². The number of nitrogens with one attached hydrogen (secondary N) is 1. The highest BCUT2D eigenvalue weighted by atomic mass is 16.5. The van der Waals surface area contributed by atoms with E-state index in [0.717, 1.165) is 25.5 Å². The van der Waals surface area contributed by atoms with Crippen LogP contribution < -0.4 is 5.32 Å². The third kappa shape index (κ3) is 4.26. The molecule has 0 amide bonds. The summed E-state index contributed by atoms with van der Waals surface area (Å²) in [5.41, 5.74) is 0.355. The molecule has 2 rings (SSSR count). The van der Waals surface area contributed by atoms with Gasteiger partial charge in [-0.25, -0.2) is 0 Å². The van der Waals surface area contributed by atoms with Crippen LogP contribution in [0.2, 0.25) is 0 Å². The molecule has 0 aliphatic carbocycles. The van der Waals surface area contributed by atoms with Crippen LogP contribution in [0.1, 0.15) is 25.1 Å². The Labute approximate surface area is 114 Å². The molecule has 0 bridgehead atoms. The summed E-state index contributed by atoms with van der Waals surface area (Å²) in [6.07, 6.45) is 1.92. The largest absolute Gasteiger partial charge is 0.384 e. The standard InChI is InChI=1S/C13H24N4O2/c1-13(5-6-14-9-13)10-17(2)8-12-15-11(16-19-12)4-7-18-3/h14H,4-10H2,1-3H3. The van der Waals surface area contributed by atoms with Crippen LogP contribution in [0.15, 0.2) is 4.52 Å². The number of hydrogen-bond acceptors (Lipinski definition) is 6. The van der Waals surface area contributed by atoms with E-state index in [-0.39, 0.29) is 0 Å². The fraction of sp³-hybridized carbons (Fsp3) is 0.846. The average molecular weight is 268 g/mol. The zero-order chi connectivity index (χ0) is 13.7. The minimum absolute atomic E-state index is 0.355. The molecule has 1 saturated heterocycles. The van der Waals surface area contributed by atoms with E-state index in [9.17, 15) is 0 Å². The van der Waals surface area contributed by atoms with Gasteiger partial charge in [-0.1, -0.05) is 12.1 Å². The Balaban J connectivity index is 1.81. The van der Waals surface area contributed by atoms with Crippen molar-refractivity contribution in [1.29, 1.82) is 0 Å². The van der Waals surface area contributed by atoms with Crippen molar-refractivity contribution in [2.75, 3.05) is 40.4 Å². The van der Waals surface area contributed by atoms with Crippen LogP contribution in [0.5, 0.6) is 0 Å². The summed E-state index contributed by atoms with van der Waals surface area (Å²) in [7, 11) is 3.77. The summed E-state index contributed by atoms with van der Waals surface area (Å²) >= 11 is 0. The zero-order valence-corrected chi connectivity index (χ0v) is 12.1. The Bertz CT molecular complexity index is 388. The lowest BCUT2D eigenvalue weighted by atomic mass is 9.89. The SMILES string of the molecule is COCCc1noc(CN(C)CC2(C)CCNC2)n1. The lowest BCUT2D eigenvalue weighted by Gasteiger charge is -2.28. The molecular weight excluding hydrogens is 244 g/mol. The van der Waals surface area contributed by atoms with Crippen LogP contribution in [-0.2, 0) is 17.7 Å². The molecule has 0 radical (unpaired) electrons. The molecule has 1 fully saturated rings. The Morgan fingerprint density at radius 3 is 3.05 bits per heavy atom. The molecule has 1 N–H and O–H groups in total. The zero-order valence-electron chi connectivity index (χ0n) is 12.1. The highest BCUT2D eigenvalue weighted by molar-refractivity contribution is 4.89. The van der Waals surface area contributed by atoms with Crippen molar-refractivity contribution in [2.45, 2.75) is 26.3 Å². The van der Waals surface area contributed by atoms with Gasteiger partial charge in [0, 0.05) is 26.6 Å². The molecule has 6 heteroatoms. The van der Waals surface area contributed by atoms with Gasteiger partial charge in [0.25, 0.3) is 0 Å². The molecule has 6 nitrogen and oxygen atoms in total. The van der Waals surface area contributed by atoms with Crippen molar-refractivity contribution in [3.05, 3.63) is 11.7 Å². The second kappa shape index (κ2) is 6.45. The van der Waals surface area contributed by atoms with Gasteiger partial charge in [-0.2, -0.15) is 4.98 Å². The minimum atomic E-state index is 0.355. The van der Waals surface area contributed by atoms with E-state index in [1.54, 1.807) is 7.11 Å². The Morgan fingerprint density at radius 2 is 2.37 bits per heavy atom. The summed E-state index contributed by atoms with van der Waals surface area (Å²) in [5.74, 6) is 1.40. The predicted molar refractivity (Wildman–Crippen MR) is 71.8 cm³/mol. The highest BCUT2D eigenvalue weighted by Crippen LogP contribution is 2.25. The molecular formula is C13H24N4O2. The maximum Gasteiger partial charge on any atom is 0.240 e. The number of ether oxygens (including phenoxy) is 1. The Hall–Kier alpha value is -0.980. The monoisotopic (exact) mass is 268 g/mol. The molecule has 1 aliphatic heterocycles. The van der Waals surface area contributed by atoms with Gasteiger partial charge >= 0.3 is 0 Å². The highest BCUT2D eigenvalue weighted by Gasteiger charge is 2.30. The van der Waals surface area contributed by atoms with E-state index in [4.69, 9.17) is 9.26 Å². The second-order valence-electron chi connectivity index (χ2n) is 5.76. The van der Waals surface area contributed by atoms with Gasteiger partial charge in [0.1, 0.15) is 0 Å². The third-order valence-corrected chi connectivity index (χ3v) is 3.55. The first-order valence-corrected chi connectivity index (χ1v) is 6.81. The van der Waals surface area contributed by atoms with Crippen molar-refractivity contribution >= 4 is 0 Å². The molecule has 2 heterocycles. The summed E-state index contributed by atoms with van der Waals surface area (Å²) in [5, 5.41) is 7.37. The van der Waals surface area contributed by atoms with E-state index < -0.39 is 0 Å². The predicted octanol–water partition coefficient (Wildman–Crippen LogP) is 0.690. The summed E-state index contributed by atoms with van der Waals surface area (Å²) < 4.78 is 10.3. The molecule has 0 aromatic carbocycles. The van der Waals surface area contributed by atoms with Crippen molar-refractivity contribution in [1.82, 2.24) is 20.4 Å². The van der Waals surface area contributed by atoms with Crippen molar-refractivity contribution in [3.63, 3.8) is 0 Å². The molecule has 108 valence electrons.